The Bertz CT molecular complexity index is 280. The second kappa shape index (κ2) is 7.16. The standard InChI is InChI=1S/C6H14.H2O6S2/c1-3-5-6-4-2;1-7(2,3)8(4,5)6/h3-6H2,1-2H3;(H,1,2,3)(H,4,5,6). The van der Waals surface area contributed by atoms with Crippen molar-refractivity contribution in [2.45, 2.75) is 39.5 Å². The van der Waals surface area contributed by atoms with Gasteiger partial charge in [0.05, 0.1) is 0 Å². The highest BCUT2D eigenvalue weighted by Gasteiger charge is 2.22. The molecule has 0 spiro atoms. The average Bonchev–Trinajstić information content (AvgIpc) is 1.98. The van der Waals surface area contributed by atoms with E-state index < -0.39 is 18.3 Å². The van der Waals surface area contributed by atoms with Crippen LogP contribution in [0.4, 0.5) is 0 Å². The molecule has 0 bridgehead atoms. The second-order valence-electron chi connectivity index (χ2n) is 2.56. The molecule has 0 atom stereocenters. The van der Waals surface area contributed by atoms with Gasteiger partial charge >= 0.3 is 18.3 Å². The summed E-state index contributed by atoms with van der Waals surface area (Å²) in [5.41, 5.74) is 0. The van der Waals surface area contributed by atoms with Crippen LogP contribution in [0.5, 0.6) is 0 Å². The zero-order valence-corrected chi connectivity index (χ0v) is 9.81. The van der Waals surface area contributed by atoms with E-state index in [1.807, 2.05) is 0 Å². The van der Waals surface area contributed by atoms with Crippen LogP contribution in [-0.4, -0.2) is 25.9 Å². The molecule has 0 rings (SSSR count). The summed E-state index contributed by atoms with van der Waals surface area (Å²) in [7, 11) is -10.6. The predicted octanol–water partition coefficient (Wildman–Crippen LogP) is 1.26. The first-order valence-electron chi connectivity index (χ1n) is 4.11. The highest BCUT2D eigenvalue weighted by molar-refractivity contribution is 8.62. The first-order chi connectivity index (χ1) is 6.16. The highest BCUT2D eigenvalue weighted by Crippen LogP contribution is 1.95. The maximum atomic E-state index is 9.37. The van der Waals surface area contributed by atoms with Crippen LogP contribution in [-0.2, 0) is 18.3 Å². The minimum Gasteiger partial charge on any atom is -0.272 e. The van der Waals surface area contributed by atoms with E-state index in [1.54, 1.807) is 0 Å². The van der Waals surface area contributed by atoms with Gasteiger partial charge in [0.1, 0.15) is 0 Å². The molecule has 0 unspecified atom stereocenters. The van der Waals surface area contributed by atoms with Crippen molar-refractivity contribution in [1.82, 2.24) is 0 Å². The van der Waals surface area contributed by atoms with Crippen molar-refractivity contribution in [1.29, 1.82) is 0 Å². The van der Waals surface area contributed by atoms with Crippen LogP contribution in [0.3, 0.4) is 0 Å². The molecule has 0 aliphatic carbocycles. The minimum absolute atomic E-state index is 1.36. The van der Waals surface area contributed by atoms with E-state index in [-0.39, 0.29) is 0 Å². The maximum absolute atomic E-state index is 9.37. The first kappa shape index (κ1) is 16.3. The van der Waals surface area contributed by atoms with Crippen molar-refractivity contribution in [2.24, 2.45) is 0 Å². The monoisotopic (exact) mass is 248 g/mol. The van der Waals surface area contributed by atoms with E-state index >= 15 is 0 Å². The Morgan fingerprint density at radius 3 is 1.07 bits per heavy atom. The molecule has 0 saturated carbocycles. The van der Waals surface area contributed by atoms with Crippen molar-refractivity contribution < 1.29 is 25.9 Å². The lowest BCUT2D eigenvalue weighted by Gasteiger charge is -1.86. The van der Waals surface area contributed by atoms with Gasteiger partial charge in [-0.15, -0.1) is 0 Å². The van der Waals surface area contributed by atoms with E-state index in [2.05, 4.69) is 13.8 Å². The number of rotatable bonds is 4. The van der Waals surface area contributed by atoms with Crippen LogP contribution in [0.1, 0.15) is 39.5 Å². The quantitative estimate of drug-likeness (QED) is 0.440. The molecule has 0 fully saturated rings. The smallest absolute Gasteiger partial charge is 0.272 e. The van der Waals surface area contributed by atoms with Crippen molar-refractivity contribution >= 4 is 18.3 Å². The van der Waals surface area contributed by atoms with E-state index in [1.165, 1.54) is 25.7 Å². The zero-order chi connectivity index (χ0) is 11.8. The summed E-state index contributed by atoms with van der Waals surface area (Å²) in [5, 5.41) is 0. The van der Waals surface area contributed by atoms with Crippen LogP contribution in [0.2, 0.25) is 0 Å². The number of hydrogen-bond acceptors (Lipinski definition) is 4. The highest BCUT2D eigenvalue weighted by atomic mass is 33.2. The molecule has 0 aliphatic rings. The molecule has 0 aromatic heterocycles. The van der Waals surface area contributed by atoms with E-state index in [9.17, 15) is 16.8 Å². The maximum Gasteiger partial charge on any atom is 0.397 e. The van der Waals surface area contributed by atoms with E-state index in [0.29, 0.717) is 0 Å². The molecule has 6 nitrogen and oxygen atoms in total. The summed E-state index contributed by atoms with van der Waals surface area (Å²) >= 11 is 0. The molecule has 88 valence electrons. The first-order valence-corrected chi connectivity index (χ1v) is 7.51. The van der Waals surface area contributed by atoms with Crippen LogP contribution in [0, 0.1) is 0 Å². The van der Waals surface area contributed by atoms with Gasteiger partial charge in [-0.3, -0.25) is 9.11 Å². The summed E-state index contributed by atoms with van der Waals surface area (Å²) in [6.07, 6.45) is 5.54. The number of hydrogen-bond donors (Lipinski definition) is 2. The molecule has 2 N–H and O–H groups in total. The molecule has 0 amide bonds. The lowest BCUT2D eigenvalue weighted by atomic mass is 10.2. The Hall–Kier alpha value is -0.180. The predicted molar refractivity (Wildman–Crippen MR) is 52.9 cm³/mol. The fraction of sp³-hybridized carbons (Fsp3) is 1.00. The lowest BCUT2D eigenvalue weighted by Crippen LogP contribution is -2.11. The summed E-state index contributed by atoms with van der Waals surface area (Å²) in [6.45, 7) is 4.46. The largest absolute Gasteiger partial charge is 0.397 e. The van der Waals surface area contributed by atoms with Crippen LogP contribution < -0.4 is 0 Å². The van der Waals surface area contributed by atoms with Gasteiger partial charge in [0, 0.05) is 0 Å². The second-order valence-corrected chi connectivity index (χ2v) is 6.80. The van der Waals surface area contributed by atoms with Crippen LogP contribution >= 0.6 is 0 Å². The third-order valence-electron chi connectivity index (χ3n) is 1.22. The third-order valence-corrected chi connectivity index (χ3v) is 3.35. The average molecular weight is 248 g/mol. The van der Waals surface area contributed by atoms with Gasteiger partial charge in [0.2, 0.25) is 0 Å². The Balaban J connectivity index is 0. The molecular formula is C6H16O6S2. The normalized spacial score (nSPS) is 11.7. The molecule has 0 aromatic carbocycles. The SMILES string of the molecule is CCCCCC.O=S(=O)(O)S(=O)(=O)O. The minimum atomic E-state index is -5.31. The topological polar surface area (TPSA) is 109 Å². The molecule has 0 aromatic rings. The summed E-state index contributed by atoms with van der Waals surface area (Å²) in [4.78, 5) is 0. The Morgan fingerprint density at radius 2 is 1.00 bits per heavy atom. The van der Waals surface area contributed by atoms with E-state index in [4.69, 9.17) is 9.11 Å². The molecule has 14 heavy (non-hydrogen) atoms. The molecule has 0 aliphatic heterocycles. The van der Waals surface area contributed by atoms with Crippen molar-refractivity contribution in [3.8, 4) is 0 Å². The van der Waals surface area contributed by atoms with Gasteiger partial charge in [-0.1, -0.05) is 39.5 Å². The summed E-state index contributed by atoms with van der Waals surface area (Å²) in [5.74, 6) is 0. The molecule has 0 heterocycles. The van der Waals surface area contributed by atoms with Crippen molar-refractivity contribution in [3.05, 3.63) is 0 Å². The lowest BCUT2D eigenvalue weighted by molar-refractivity contribution is 0.460. The molecule has 0 radical (unpaired) electrons. The fourth-order valence-electron chi connectivity index (χ4n) is 0.500. The third kappa shape index (κ3) is 9.90. The Morgan fingerprint density at radius 1 is 0.786 bits per heavy atom. The van der Waals surface area contributed by atoms with Gasteiger partial charge in [-0.25, -0.2) is 0 Å². The van der Waals surface area contributed by atoms with Crippen molar-refractivity contribution in [2.75, 3.05) is 0 Å². The fourth-order valence-corrected chi connectivity index (χ4v) is 0.500. The summed E-state index contributed by atoms with van der Waals surface area (Å²) < 4.78 is 52.5. The number of unbranched alkanes of at least 4 members (excludes halogenated alkanes) is 3. The van der Waals surface area contributed by atoms with Crippen LogP contribution in [0.15, 0.2) is 0 Å². The van der Waals surface area contributed by atoms with Gasteiger partial charge in [0.15, 0.2) is 0 Å². The van der Waals surface area contributed by atoms with Crippen LogP contribution in [0.25, 0.3) is 0 Å². The van der Waals surface area contributed by atoms with Crippen molar-refractivity contribution in [3.63, 3.8) is 0 Å². The zero-order valence-electron chi connectivity index (χ0n) is 8.17. The summed E-state index contributed by atoms with van der Waals surface area (Å²) in [6, 6.07) is 0. The molecule has 8 heteroatoms. The van der Waals surface area contributed by atoms with Gasteiger partial charge < -0.3 is 0 Å². The Kier molecular flexibility index (Phi) is 8.31. The molecule has 0 saturated heterocycles. The van der Waals surface area contributed by atoms with Gasteiger partial charge in [0.25, 0.3) is 0 Å². The molecular weight excluding hydrogens is 232 g/mol. The van der Waals surface area contributed by atoms with E-state index in [0.717, 1.165) is 0 Å². The van der Waals surface area contributed by atoms with Gasteiger partial charge in [-0.2, -0.15) is 16.8 Å². The Labute approximate surface area is 84.2 Å². The van der Waals surface area contributed by atoms with Gasteiger partial charge in [-0.05, 0) is 0 Å².